The van der Waals surface area contributed by atoms with E-state index in [9.17, 15) is 9.59 Å². The van der Waals surface area contributed by atoms with Gasteiger partial charge in [-0.1, -0.05) is 48.5 Å². The summed E-state index contributed by atoms with van der Waals surface area (Å²) in [4.78, 5) is 23.4. The average molecular weight is 374 g/mol. The third kappa shape index (κ3) is 3.27. The maximum atomic E-state index is 12.3. The summed E-state index contributed by atoms with van der Waals surface area (Å²) >= 11 is 0. The number of carboxylic acid groups (broad SMARTS) is 1. The van der Waals surface area contributed by atoms with Gasteiger partial charge in [-0.15, -0.1) is 0 Å². The lowest BCUT2D eigenvalue weighted by molar-refractivity contribution is 0.0697. The average Bonchev–Trinajstić information content (AvgIpc) is 3.00. The van der Waals surface area contributed by atoms with E-state index in [4.69, 9.17) is 15.6 Å². The molecule has 140 valence electrons. The summed E-state index contributed by atoms with van der Waals surface area (Å²) in [5, 5.41) is 11.6. The monoisotopic (exact) mass is 374 g/mol. The molecule has 0 bridgehead atoms. The lowest BCUT2D eigenvalue weighted by Crippen LogP contribution is -2.18. The molecule has 1 aliphatic rings. The van der Waals surface area contributed by atoms with Crippen LogP contribution in [0.2, 0.25) is 0 Å². The van der Waals surface area contributed by atoms with Crippen molar-refractivity contribution < 1.29 is 19.4 Å². The molecule has 6 nitrogen and oxygen atoms in total. The normalized spacial score (nSPS) is 12.1. The lowest BCUT2D eigenvalue weighted by atomic mass is 9.98. The van der Waals surface area contributed by atoms with Gasteiger partial charge in [-0.2, -0.15) is 0 Å². The van der Waals surface area contributed by atoms with Crippen LogP contribution in [0.1, 0.15) is 27.4 Å². The Morgan fingerprint density at radius 3 is 2.18 bits per heavy atom. The quantitative estimate of drug-likeness (QED) is 0.590. The Hall–Kier alpha value is -3.80. The minimum Gasteiger partial charge on any atom is -0.478 e. The zero-order chi connectivity index (χ0) is 19.7. The molecule has 0 radical (unpaired) electrons. The first-order chi connectivity index (χ1) is 13.5. The zero-order valence-corrected chi connectivity index (χ0v) is 14.9. The number of rotatable bonds is 4. The Labute approximate surface area is 161 Å². The van der Waals surface area contributed by atoms with Crippen LogP contribution in [0.3, 0.4) is 0 Å². The smallest absolute Gasteiger partial charge is 0.411 e. The van der Waals surface area contributed by atoms with Crippen LogP contribution in [-0.4, -0.2) is 23.8 Å². The Morgan fingerprint density at radius 2 is 1.57 bits per heavy atom. The molecule has 0 fully saturated rings. The first kappa shape index (κ1) is 17.6. The van der Waals surface area contributed by atoms with Crippen molar-refractivity contribution in [3.63, 3.8) is 0 Å². The molecule has 28 heavy (non-hydrogen) atoms. The molecule has 0 heterocycles. The molecule has 0 saturated heterocycles. The molecule has 4 rings (SSSR count). The number of nitrogens with one attached hydrogen (secondary N) is 1. The van der Waals surface area contributed by atoms with Crippen LogP contribution in [-0.2, 0) is 4.74 Å². The highest BCUT2D eigenvalue weighted by Crippen LogP contribution is 2.44. The Kier molecular flexibility index (Phi) is 4.45. The minimum atomic E-state index is -1.12. The van der Waals surface area contributed by atoms with Crippen LogP contribution in [0.15, 0.2) is 66.7 Å². The van der Waals surface area contributed by atoms with Crippen LogP contribution >= 0.6 is 0 Å². The predicted octanol–water partition coefficient (Wildman–Crippen LogP) is 4.33. The van der Waals surface area contributed by atoms with Crippen molar-refractivity contribution in [3.8, 4) is 11.1 Å². The summed E-state index contributed by atoms with van der Waals surface area (Å²) in [5.41, 5.74) is 10.7. The molecule has 1 amide bonds. The van der Waals surface area contributed by atoms with E-state index in [1.54, 1.807) is 0 Å². The van der Waals surface area contributed by atoms with E-state index < -0.39 is 12.1 Å². The molecule has 0 aromatic heterocycles. The van der Waals surface area contributed by atoms with Crippen molar-refractivity contribution in [1.29, 1.82) is 0 Å². The number of benzene rings is 3. The van der Waals surface area contributed by atoms with Gasteiger partial charge in [0.05, 0.1) is 5.56 Å². The molecular weight excluding hydrogens is 356 g/mol. The van der Waals surface area contributed by atoms with Gasteiger partial charge in [0, 0.05) is 17.3 Å². The van der Waals surface area contributed by atoms with Gasteiger partial charge in [-0.25, -0.2) is 9.59 Å². The summed E-state index contributed by atoms with van der Waals surface area (Å²) in [6.07, 6.45) is -0.663. The molecule has 4 N–H and O–H groups in total. The number of hydrogen-bond donors (Lipinski definition) is 3. The summed E-state index contributed by atoms with van der Waals surface area (Å²) in [6, 6.07) is 20.3. The number of nitrogens with two attached hydrogens (primary N) is 1. The first-order valence-corrected chi connectivity index (χ1v) is 8.79. The van der Waals surface area contributed by atoms with Crippen molar-refractivity contribution in [2.24, 2.45) is 0 Å². The molecule has 0 saturated carbocycles. The van der Waals surface area contributed by atoms with Crippen LogP contribution in [0.5, 0.6) is 0 Å². The van der Waals surface area contributed by atoms with Crippen molar-refractivity contribution in [2.45, 2.75) is 5.92 Å². The lowest BCUT2D eigenvalue weighted by Gasteiger charge is -2.15. The van der Waals surface area contributed by atoms with E-state index in [0.29, 0.717) is 0 Å². The molecule has 0 atom stereocenters. The number of carbonyl (C=O) groups excluding carboxylic acids is 1. The SMILES string of the molecule is Nc1cc(NC(=O)OCC2c3ccccc3-c3ccccc32)cc(C(=O)O)c1. The summed E-state index contributed by atoms with van der Waals surface area (Å²) in [7, 11) is 0. The standard InChI is InChI=1S/C22H18N2O4/c23-14-9-13(21(25)26)10-15(11-14)24-22(27)28-12-20-18-7-3-1-5-16(18)17-6-2-4-8-19(17)20/h1-11,20H,12,23H2,(H,24,27)(H,25,26). The third-order valence-corrected chi connectivity index (χ3v) is 4.79. The van der Waals surface area contributed by atoms with Gasteiger partial charge in [-0.3, -0.25) is 5.32 Å². The second-order valence-electron chi connectivity index (χ2n) is 6.60. The Balaban J connectivity index is 1.49. The first-order valence-electron chi connectivity index (χ1n) is 8.79. The second-order valence-corrected chi connectivity index (χ2v) is 6.60. The summed E-state index contributed by atoms with van der Waals surface area (Å²) in [5.74, 6) is -1.17. The molecular formula is C22H18N2O4. The minimum absolute atomic E-state index is 0.00560. The van der Waals surface area contributed by atoms with Crippen molar-refractivity contribution >= 4 is 23.4 Å². The molecule has 3 aromatic carbocycles. The van der Waals surface area contributed by atoms with E-state index in [1.165, 1.54) is 18.2 Å². The highest BCUT2D eigenvalue weighted by molar-refractivity contribution is 5.93. The number of carboxylic acids is 1. The van der Waals surface area contributed by atoms with Crippen LogP contribution < -0.4 is 11.1 Å². The molecule has 0 aliphatic heterocycles. The summed E-state index contributed by atoms with van der Waals surface area (Å²) in [6.45, 7) is 0.175. The van der Waals surface area contributed by atoms with E-state index in [0.717, 1.165) is 22.3 Å². The highest BCUT2D eigenvalue weighted by atomic mass is 16.5. The number of anilines is 2. The second kappa shape index (κ2) is 7.08. The van der Waals surface area contributed by atoms with E-state index in [-0.39, 0.29) is 29.5 Å². The molecule has 3 aromatic rings. The number of fused-ring (bicyclic) bond motifs is 3. The Morgan fingerprint density at radius 1 is 0.964 bits per heavy atom. The van der Waals surface area contributed by atoms with E-state index in [2.05, 4.69) is 17.4 Å². The predicted molar refractivity (Wildman–Crippen MR) is 107 cm³/mol. The maximum absolute atomic E-state index is 12.3. The van der Waals surface area contributed by atoms with Crippen molar-refractivity contribution in [1.82, 2.24) is 0 Å². The number of amides is 1. The molecule has 0 spiro atoms. The number of carbonyl (C=O) groups is 2. The van der Waals surface area contributed by atoms with E-state index in [1.807, 2.05) is 36.4 Å². The molecule has 0 unspecified atom stereocenters. The van der Waals surface area contributed by atoms with E-state index >= 15 is 0 Å². The highest BCUT2D eigenvalue weighted by Gasteiger charge is 2.29. The number of aromatic carboxylic acids is 1. The summed E-state index contributed by atoms with van der Waals surface area (Å²) < 4.78 is 5.45. The van der Waals surface area contributed by atoms with Crippen molar-refractivity contribution in [3.05, 3.63) is 83.4 Å². The number of hydrogen-bond acceptors (Lipinski definition) is 4. The van der Waals surface area contributed by atoms with Crippen LogP contribution in [0.25, 0.3) is 11.1 Å². The van der Waals surface area contributed by atoms with Gasteiger partial charge in [0.1, 0.15) is 6.61 Å². The van der Waals surface area contributed by atoms with Gasteiger partial charge >= 0.3 is 12.1 Å². The fraction of sp³-hybridized carbons (Fsp3) is 0.0909. The molecule has 6 heteroatoms. The topological polar surface area (TPSA) is 102 Å². The fourth-order valence-electron chi connectivity index (χ4n) is 3.60. The van der Waals surface area contributed by atoms with Gasteiger partial charge < -0.3 is 15.6 Å². The van der Waals surface area contributed by atoms with Gasteiger partial charge in [0.15, 0.2) is 0 Å². The Bertz CT molecular complexity index is 1030. The number of ether oxygens (including phenoxy) is 1. The maximum Gasteiger partial charge on any atom is 0.411 e. The number of nitrogen functional groups attached to an aromatic ring is 1. The zero-order valence-electron chi connectivity index (χ0n) is 14.9. The third-order valence-electron chi connectivity index (χ3n) is 4.79. The fourth-order valence-corrected chi connectivity index (χ4v) is 3.60. The molecule has 1 aliphatic carbocycles. The van der Waals surface area contributed by atoms with Gasteiger partial charge in [0.2, 0.25) is 0 Å². The van der Waals surface area contributed by atoms with Crippen LogP contribution in [0.4, 0.5) is 16.2 Å². The van der Waals surface area contributed by atoms with Gasteiger partial charge in [-0.05, 0) is 40.5 Å². The van der Waals surface area contributed by atoms with Crippen LogP contribution in [0, 0.1) is 0 Å². The van der Waals surface area contributed by atoms with Crippen molar-refractivity contribution in [2.75, 3.05) is 17.7 Å². The van der Waals surface area contributed by atoms with Gasteiger partial charge in [0.25, 0.3) is 0 Å². The largest absolute Gasteiger partial charge is 0.478 e.